The summed E-state index contributed by atoms with van der Waals surface area (Å²) in [6.45, 7) is 3.37. The summed E-state index contributed by atoms with van der Waals surface area (Å²) in [5, 5.41) is 0. The van der Waals surface area contributed by atoms with Crippen molar-refractivity contribution in [2.75, 3.05) is 23.4 Å². The number of anilines is 2. The first kappa shape index (κ1) is 19.7. The lowest BCUT2D eigenvalue weighted by atomic mass is 10.1. The third-order valence-electron chi connectivity index (χ3n) is 4.73. The highest BCUT2D eigenvalue weighted by atomic mass is 79.9. The molecule has 1 aliphatic rings. The van der Waals surface area contributed by atoms with Crippen LogP contribution in [-0.2, 0) is 21.2 Å². The molecule has 144 valence electrons. The van der Waals surface area contributed by atoms with Gasteiger partial charge < -0.3 is 9.64 Å². The number of hydrogen-bond acceptors (Lipinski definition) is 4. The maximum atomic E-state index is 13.4. The lowest BCUT2D eigenvalue weighted by molar-refractivity contribution is -0.116. The molecule has 2 aromatic carbocycles. The van der Waals surface area contributed by atoms with Crippen LogP contribution in [0.1, 0.15) is 19.4 Å². The lowest BCUT2D eigenvalue weighted by Crippen LogP contribution is -2.35. The predicted octanol–water partition coefficient (Wildman–Crippen LogP) is 3.58. The molecule has 0 aromatic heterocycles. The summed E-state index contributed by atoms with van der Waals surface area (Å²) >= 11 is 3.41. The van der Waals surface area contributed by atoms with Crippen molar-refractivity contribution >= 4 is 43.2 Å². The number of amides is 1. The molecule has 8 heteroatoms. The fraction of sp³-hybridized carbons (Fsp3) is 0.316. The van der Waals surface area contributed by atoms with Gasteiger partial charge in [-0.15, -0.1) is 0 Å². The van der Waals surface area contributed by atoms with Crippen LogP contribution in [0.2, 0.25) is 0 Å². The number of sulfonamides is 1. The molecule has 0 saturated heterocycles. The summed E-state index contributed by atoms with van der Waals surface area (Å²) in [6.07, 6.45) is 0.614. The summed E-state index contributed by atoms with van der Waals surface area (Å²) in [6, 6.07) is 10.1. The zero-order valence-corrected chi connectivity index (χ0v) is 18.0. The van der Waals surface area contributed by atoms with Gasteiger partial charge in [-0.25, -0.2) is 8.42 Å². The van der Waals surface area contributed by atoms with Crippen molar-refractivity contribution in [1.82, 2.24) is 0 Å². The molecule has 27 heavy (non-hydrogen) atoms. The highest BCUT2D eigenvalue weighted by Gasteiger charge is 2.37. The van der Waals surface area contributed by atoms with Gasteiger partial charge in [0.1, 0.15) is 10.6 Å². The number of carbonyl (C=O) groups is 1. The van der Waals surface area contributed by atoms with Gasteiger partial charge in [0.05, 0.1) is 18.5 Å². The van der Waals surface area contributed by atoms with E-state index in [2.05, 4.69) is 15.9 Å². The minimum absolute atomic E-state index is 0.0907. The van der Waals surface area contributed by atoms with Crippen LogP contribution < -0.4 is 13.9 Å². The molecule has 0 fully saturated rings. The number of carbonyl (C=O) groups excluding carboxylic acids is 1. The van der Waals surface area contributed by atoms with Crippen LogP contribution in [0.15, 0.2) is 45.8 Å². The molecular weight excluding hydrogens is 432 g/mol. The van der Waals surface area contributed by atoms with Crippen LogP contribution >= 0.6 is 15.9 Å². The van der Waals surface area contributed by atoms with Crippen molar-refractivity contribution in [1.29, 1.82) is 0 Å². The Balaban J connectivity index is 2.13. The largest absolute Gasteiger partial charge is 0.497 e. The molecular formula is C19H21BrN2O4S. The predicted molar refractivity (Wildman–Crippen MR) is 109 cm³/mol. The number of ether oxygens (including phenoxy) is 1. The van der Waals surface area contributed by atoms with Crippen molar-refractivity contribution in [3.05, 3.63) is 46.4 Å². The number of hydrogen-bond donors (Lipinski definition) is 0. The quantitative estimate of drug-likeness (QED) is 0.710. The van der Waals surface area contributed by atoms with Crippen LogP contribution in [0.4, 0.5) is 11.4 Å². The van der Waals surface area contributed by atoms with Crippen molar-refractivity contribution in [3.8, 4) is 5.75 Å². The van der Waals surface area contributed by atoms with Crippen LogP contribution in [0.3, 0.4) is 0 Å². The van der Waals surface area contributed by atoms with E-state index < -0.39 is 10.0 Å². The van der Waals surface area contributed by atoms with Gasteiger partial charge in [0.2, 0.25) is 5.91 Å². The number of benzene rings is 2. The molecule has 0 N–H and O–H groups in total. The Kier molecular flexibility index (Phi) is 5.22. The molecule has 3 rings (SSSR count). The Morgan fingerprint density at radius 3 is 2.44 bits per heavy atom. The van der Waals surface area contributed by atoms with E-state index in [0.29, 0.717) is 28.0 Å². The normalized spacial score (nSPS) is 16.2. The molecule has 0 radical (unpaired) electrons. The third kappa shape index (κ3) is 3.43. The fourth-order valence-electron chi connectivity index (χ4n) is 3.43. The maximum Gasteiger partial charge on any atom is 0.266 e. The van der Waals surface area contributed by atoms with Gasteiger partial charge >= 0.3 is 0 Å². The van der Waals surface area contributed by atoms with E-state index in [0.717, 1.165) is 5.56 Å². The highest BCUT2D eigenvalue weighted by Crippen LogP contribution is 2.41. The Morgan fingerprint density at radius 1 is 1.26 bits per heavy atom. The molecule has 1 atom stereocenters. The van der Waals surface area contributed by atoms with Gasteiger partial charge in [-0.3, -0.25) is 9.10 Å². The number of methoxy groups -OCH3 is 1. The topological polar surface area (TPSA) is 66.9 Å². The minimum atomic E-state index is -3.88. The van der Waals surface area contributed by atoms with E-state index in [-0.39, 0.29) is 16.8 Å². The van der Waals surface area contributed by atoms with Crippen molar-refractivity contribution < 1.29 is 17.9 Å². The molecule has 1 amide bonds. The smallest absolute Gasteiger partial charge is 0.266 e. The lowest BCUT2D eigenvalue weighted by Gasteiger charge is -2.26. The highest BCUT2D eigenvalue weighted by molar-refractivity contribution is 9.10. The molecule has 0 spiro atoms. The zero-order chi connectivity index (χ0) is 19.9. The van der Waals surface area contributed by atoms with Gasteiger partial charge in [0.15, 0.2) is 0 Å². The number of nitrogens with zero attached hydrogens (tertiary/aromatic N) is 2. The van der Waals surface area contributed by atoms with Crippen molar-refractivity contribution in [3.63, 3.8) is 0 Å². The Bertz CT molecular complexity index is 990. The molecule has 2 aromatic rings. The first-order chi connectivity index (χ1) is 12.7. The summed E-state index contributed by atoms with van der Waals surface area (Å²) < 4.78 is 33.8. The van der Waals surface area contributed by atoms with Crippen molar-refractivity contribution in [2.45, 2.75) is 31.2 Å². The van der Waals surface area contributed by atoms with Crippen LogP contribution in [-0.4, -0.2) is 34.5 Å². The Hall–Kier alpha value is -2.06. The first-order valence-electron chi connectivity index (χ1n) is 8.42. The fourth-order valence-corrected chi connectivity index (χ4v) is 5.53. The average molecular weight is 453 g/mol. The van der Waals surface area contributed by atoms with Gasteiger partial charge in [-0.1, -0.05) is 15.9 Å². The number of fused-ring (bicyclic) bond motifs is 1. The minimum Gasteiger partial charge on any atom is -0.497 e. The second-order valence-electron chi connectivity index (χ2n) is 6.52. The van der Waals surface area contributed by atoms with E-state index in [4.69, 9.17) is 4.74 Å². The molecule has 1 heterocycles. The molecule has 6 nitrogen and oxygen atoms in total. The molecule has 0 aliphatic carbocycles. The van der Waals surface area contributed by atoms with Crippen LogP contribution in [0, 0.1) is 0 Å². The Labute approximate surface area is 167 Å². The molecule has 0 unspecified atom stereocenters. The second-order valence-corrected chi connectivity index (χ2v) is 9.38. The summed E-state index contributed by atoms with van der Waals surface area (Å²) in [7, 11) is -0.826. The monoisotopic (exact) mass is 452 g/mol. The Morgan fingerprint density at radius 2 is 1.89 bits per heavy atom. The summed E-state index contributed by atoms with van der Waals surface area (Å²) in [5.41, 5.74) is 1.82. The van der Waals surface area contributed by atoms with Gasteiger partial charge in [-0.05, 0) is 55.3 Å². The van der Waals surface area contributed by atoms with Gasteiger partial charge in [0.25, 0.3) is 10.0 Å². The summed E-state index contributed by atoms with van der Waals surface area (Å²) in [5.74, 6) is 0.469. The number of halogens is 1. The summed E-state index contributed by atoms with van der Waals surface area (Å²) in [4.78, 5) is 13.9. The van der Waals surface area contributed by atoms with Gasteiger partial charge in [-0.2, -0.15) is 0 Å². The standard InChI is InChI=1S/C19H21BrN2O4S/c1-12-9-14-10-15(20)11-18(19(14)22(12)13(2)23)27(24,25)21(3)16-5-7-17(26-4)8-6-16/h5-8,10-12H,9H2,1-4H3/t12-/m1/s1. The van der Waals surface area contributed by atoms with Crippen LogP contribution in [0.25, 0.3) is 0 Å². The maximum absolute atomic E-state index is 13.4. The van der Waals surface area contributed by atoms with E-state index in [1.165, 1.54) is 18.3 Å². The van der Waals surface area contributed by atoms with E-state index in [1.807, 2.05) is 13.0 Å². The van der Waals surface area contributed by atoms with E-state index in [9.17, 15) is 13.2 Å². The molecule has 0 saturated carbocycles. The SMILES string of the molecule is COc1ccc(N(C)S(=O)(=O)c2cc(Br)cc3c2N(C(C)=O)[C@H](C)C3)cc1. The van der Waals surface area contributed by atoms with Gasteiger partial charge in [0, 0.05) is 24.5 Å². The average Bonchev–Trinajstić information content (AvgIpc) is 2.95. The van der Waals surface area contributed by atoms with Crippen LogP contribution in [0.5, 0.6) is 5.75 Å². The molecule has 1 aliphatic heterocycles. The van der Waals surface area contributed by atoms with E-state index >= 15 is 0 Å². The third-order valence-corrected chi connectivity index (χ3v) is 6.99. The number of rotatable bonds is 4. The second kappa shape index (κ2) is 7.16. The van der Waals surface area contributed by atoms with Crippen molar-refractivity contribution in [2.24, 2.45) is 0 Å². The van der Waals surface area contributed by atoms with E-state index in [1.54, 1.807) is 42.3 Å². The molecule has 0 bridgehead atoms. The first-order valence-corrected chi connectivity index (χ1v) is 10.7. The zero-order valence-electron chi connectivity index (χ0n) is 15.6.